The van der Waals surface area contributed by atoms with Crippen LogP contribution in [-0.4, -0.2) is 30.8 Å². The second-order valence-electron chi connectivity index (χ2n) is 8.06. The molecule has 4 rings (SSSR count). The molecule has 32 heavy (non-hydrogen) atoms. The lowest BCUT2D eigenvalue weighted by atomic mass is 10.1. The van der Waals surface area contributed by atoms with Crippen LogP contribution in [0.15, 0.2) is 42.5 Å². The number of benzene rings is 2. The Balaban J connectivity index is 1.40. The number of carbonyl (C=O) groups excluding carboxylic acids is 3. The second kappa shape index (κ2) is 8.29. The van der Waals surface area contributed by atoms with E-state index in [0.717, 1.165) is 23.4 Å². The quantitative estimate of drug-likeness (QED) is 0.785. The Bertz CT molecular complexity index is 1080. The number of carbonyl (C=O) groups is 3. The molecule has 2 heterocycles. The summed E-state index contributed by atoms with van der Waals surface area (Å²) in [6.45, 7) is 2.26. The van der Waals surface area contributed by atoms with Crippen LogP contribution in [0.3, 0.4) is 0 Å². The summed E-state index contributed by atoms with van der Waals surface area (Å²) >= 11 is 0. The number of amides is 3. The molecule has 2 aliphatic heterocycles. The first-order valence-electron chi connectivity index (χ1n) is 10.3. The Morgan fingerprint density at radius 2 is 1.94 bits per heavy atom. The zero-order chi connectivity index (χ0) is 23.0. The molecule has 1 fully saturated rings. The van der Waals surface area contributed by atoms with Gasteiger partial charge in [0.1, 0.15) is 0 Å². The summed E-state index contributed by atoms with van der Waals surface area (Å²) in [5, 5.41) is 2.64. The Morgan fingerprint density at radius 3 is 2.66 bits per heavy atom. The molecule has 3 amide bonds. The van der Waals surface area contributed by atoms with Gasteiger partial charge in [-0.15, -0.1) is 0 Å². The molecule has 0 unspecified atom stereocenters. The molecule has 1 saturated heterocycles. The molecule has 0 saturated carbocycles. The molecule has 2 aliphatic rings. The fourth-order valence-corrected chi connectivity index (χ4v) is 4.21. The van der Waals surface area contributed by atoms with E-state index in [4.69, 9.17) is 0 Å². The molecule has 168 valence electrons. The van der Waals surface area contributed by atoms with Crippen LogP contribution < -0.4 is 15.1 Å². The Morgan fingerprint density at radius 1 is 1.16 bits per heavy atom. The SMILES string of the molecule is CC(=O)N1CCc2cc(N3C[C@H](C(=O)NCc4cccc(C(F)(F)F)c4)CC3=O)ccc21. The molecule has 9 heteroatoms. The van der Waals surface area contributed by atoms with Crippen LogP contribution in [-0.2, 0) is 33.5 Å². The van der Waals surface area contributed by atoms with E-state index in [2.05, 4.69) is 5.32 Å². The highest BCUT2D eigenvalue weighted by atomic mass is 19.4. The average Bonchev–Trinajstić information content (AvgIpc) is 3.34. The van der Waals surface area contributed by atoms with Crippen molar-refractivity contribution < 1.29 is 27.6 Å². The van der Waals surface area contributed by atoms with Crippen molar-refractivity contribution in [3.8, 4) is 0 Å². The minimum atomic E-state index is -4.45. The Hall–Kier alpha value is -3.36. The van der Waals surface area contributed by atoms with Crippen LogP contribution in [0.5, 0.6) is 0 Å². The number of fused-ring (bicyclic) bond motifs is 1. The standard InChI is InChI=1S/C23H22F3N3O3/c1-14(30)28-8-7-16-10-19(5-6-20(16)28)29-13-17(11-21(29)31)22(32)27-12-15-3-2-4-18(9-15)23(24,25)26/h2-6,9-10,17H,7-8,11-13H2,1H3,(H,27,32)/t17-/m1/s1. The predicted molar refractivity (Wildman–Crippen MR) is 112 cm³/mol. The third-order valence-electron chi connectivity index (χ3n) is 5.87. The van der Waals surface area contributed by atoms with E-state index >= 15 is 0 Å². The van der Waals surface area contributed by atoms with Gasteiger partial charge in [0.2, 0.25) is 17.7 Å². The maximum absolute atomic E-state index is 12.9. The average molecular weight is 445 g/mol. The molecular weight excluding hydrogens is 423 g/mol. The summed E-state index contributed by atoms with van der Waals surface area (Å²) < 4.78 is 38.6. The van der Waals surface area contributed by atoms with Crippen molar-refractivity contribution in [3.63, 3.8) is 0 Å². The summed E-state index contributed by atoms with van der Waals surface area (Å²) in [5.41, 5.74) is 2.05. The van der Waals surface area contributed by atoms with Crippen molar-refractivity contribution >= 4 is 29.1 Å². The van der Waals surface area contributed by atoms with Crippen LogP contribution in [0.1, 0.15) is 30.0 Å². The summed E-state index contributed by atoms with van der Waals surface area (Å²) in [4.78, 5) is 40.1. The van der Waals surface area contributed by atoms with Gasteiger partial charge in [-0.2, -0.15) is 13.2 Å². The molecule has 2 aromatic rings. The maximum atomic E-state index is 12.9. The van der Waals surface area contributed by atoms with E-state index in [1.165, 1.54) is 19.1 Å². The van der Waals surface area contributed by atoms with Gasteiger partial charge in [-0.1, -0.05) is 12.1 Å². The monoisotopic (exact) mass is 445 g/mol. The fraction of sp³-hybridized carbons (Fsp3) is 0.348. The minimum absolute atomic E-state index is 0.0328. The third kappa shape index (κ3) is 4.32. The van der Waals surface area contributed by atoms with Gasteiger partial charge in [-0.3, -0.25) is 14.4 Å². The molecule has 0 aromatic heterocycles. The van der Waals surface area contributed by atoms with Crippen molar-refractivity contribution in [3.05, 3.63) is 59.2 Å². The number of rotatable bonds is 4. The van der Waals surface area contributed by atoms with Gasteiger partial charge in [-0.25, -0.2) is 0 Å². The first-order chi connectivity index (χ1) is 15.1. The number of anilines is 2. The summed E-state index contributed by atoms with van der Waals surface area (Å²) in [5.74, 6) is -1.19. The van der Waals surface area contributed by atoms with Gasteiger partial charge in [-0.05, 0) is 47.9 Å². The second-order valence-corrected chi connectivity index (χ2v) is 8.06. The lowest BCUT2D eigenvalue weighted by Gasteiger charge is -2.19. The number of nitrogens with zero attached hydrogens (tertiary/aromatic N) is 2. The number of hydrogen-bond acceptors (Lipinski definition) is 3. The number of hydrogen-bond donors (Lipinski definition) is 1. The van der Waals surface area contributed by atoms with Gasteiger partial charge in [0.15, 0.2) is 0 Å². The Kier molecular flexibility index (Phi) is 5.66. The molecule has 0 spiro atoms. The van der Waals surface area contributed by atoms with Crippen LogP contribution in [0, 0.1) is 5.92 Å². The van der Waals surface area contributed by atoms with Crippen molar-refractivity contribution in [2.24, 2.45) is 5.92 Å². The summed E-state index contributed by atoms with van der Waals surface area (Å²) in [7, 11) is 0. The van der Waals surface area contributed by atoms with E-state index in [-0.39, 0.29) is 37.2 Å². The van der Waals surface area contributed by atoms with Crippen LogP contribution in [0.4, 0.5) is 24.5 Å². The first-order valence-corrected chi connectivity index (χ1v) is 10.3. The van der Waals surface area contributed by atoms with Gasteiger partial charge in [0.25, 0.3) is 0 Å². The van der Waals surface area contributed by atoms with Gasteiger partial charge in [0, 0.05) is 44.4 Å². The van der Waals surface area contributed by atoms with E-state index in [9.17, 15) is 27.6 Å². The van der Waals surface area contributed by atoms with Crippen LogP contribution in [0.2, 0.25) is 0 Å². The van der Waals surface area contributed by atoms with Crippen molar-refractivity contribution in [2.45, 2.75) is 32.5 Å². The number of nitrogens with one attached hydrogen (secondary N) is 1. The smallest absolute Gasteiger partial charge is 0.352 e. The lowest BCUT2D eigenvalue weighted by Crippen LogP contribution is -2.32. The predicted octanol–water partition coefficient (Wildman–Crippen LogP) is 3.28. The van der Waals surface area contributed by atoms with Crippen LogP contribution >= 0.6 is 0 Å². The zero-order valence-electron chi connectivity index (χ0n) is 17.4. The van der Waals surface area contributed by atoms with Gasteiger partial charge >= 0.3 is 6.18 Å². The normalized spacial score (nSPS) is 18.1. The van der Waals surface area contributed by atoms with E-state index in [0.29, 0.717) is 24.2 Å². The highest BCUT2D eigenvalue weighted by molar-refractivity contribution is 6.01. The molecular formula is C23H22F3N3O3. The summed E-state index contributed by atoms with van der Waals surface area (Å²) in [6.07, 6.45) is -3.72. The van der Waals surface area contributed by atoms with Crippen molar-refractivity contribution in [1.29, 1.82) is 0 Å². The molecule has 0 bridgehead atoms. The molecule has 0 radical (unpaired) electrons. The minimum Gasteiger partial charge on any atom is -0.352 e. The molecule has 1 N–H and O–H groups in total. The van der Waals surface area contributed by atoms with E-state index in [1.54, 1.807) is 15.9 Å². The highest BCUT2D eigenvalue weighted by Gasteiger charge is 2.36. The molecule has 2 aromatic carbocycles. The zero-order valence-corrected chi connectivity index (χ0v) is 17.4. The van der Waals surface area contributed by atoms with Crippen molar-refractivity contribution in [2.75, 3.05) is 22.9 Å². The third-order valence-corrected chi connectivity index (χ3v) is 5.87. The topological polar surface area (TPSA) is 69.7 Å². The first kappa shape index (κ1) is 21.9. The summed E-state index contributed by atoms with van der Waals surface area (Å²) in [6, 6.07) is 10.2. The molecule has 1 atom stereocenters. The molecule has 0 aliphatic carbocycles. The van der Waals surface area contributed by atoms with E-state index in [1.807, 2.05) is 12.1 Å². The number of alkyl halides is 3. The van der Waals surface area contributed by atoms with E-state index < -0.39 is 17.7 Å². The highest BCUT2D eigenvalue weighted by Crippen LogP contribution is 2.34. The van der Waals surface area contributed by atoms with Crippen molar-refractivity contribution in [1.82, 2.24) is 5.32 Å². The van der Waals surface area contributed by atoms with Gasteiger partial charge < -0.3 is 15.1 Å². The largest absolute Gasteiger partial charge is 0.416 e. The lowest BCUT2D eigenvalue weighted by molar-refractivity contribution is -0.137. The maximum Gasteiger partial charge on any atom is 0.416 e. The Labute approximate surface area is 183 Å². The van der Waals surface area contributed by atoms with Crippen LogP contribution in [0.25, 0.3) is 0 Å². The molecule has 6 nitrogen and oxygen atoms in total. The number of halogens is 3. The fourth-order valence-electron chi connectivity index (χ4n) is 4.21. The van der Waals surface area contributed by atoms with Gasteiger partial charge in [0.05, 0.1) is 11.5 Å².